The van der Waals surface area contributed by atoms with Crippen molar-refractivity contribution in [1.29, 1.82) is 0 Å². The number of carbonyl (C=O) groups excluding carboxylic acids is 1. The molecule has 0 aromatic heterocycles. The van der Waals surface area contributed by atoms with Gasteiger partial charge in [0, 0.05) is 0 Å². The molecule has 2 nitrogen and oxygen atoms in total. The molecular weight excluding hydrogens is 104 g/mol. The number of allylic oxidation sites excluding steroid dienone is 1. The summed E-state index contributed by atoms with van der Waals surface area (Å²) < 4.78 is 4.47. The van der Waals surface area contributed by atoms with E-state index < -0.39 is 0 Å². The Morgan fingerprint density at radius 1 is 1.75 bits per heavy atom. The van der Waals surface area contributed by atoms with Gasteiger partial charge >= 0.3 is 5.97 Å². The summed E-state index contributed by atoms with van der Waals surface area (Å²) in [5, 5.41) is 0. The zero-order valence-electron chi connectivity index (χ0n) is 4.55. The molecule has 1 aliphatic heterocycles. The van der Waals surface area contributed by atoms with E-state index in [0.29, 0.717) is 5.57 Å². The molecule has 1 rings (SSSR count). The number of hydrogen-bond donors (Lipinski definition) is 0. The van der Waals surface area contributed by atoms with Gasteiger partial charge in [0.25, 0.3) is 0 Å². The highest BCUT2D eigenvalue weighted by Gasteiger charge is 2.09. The average Bonchev–Trinajstić information content (AvgIpc) is 2.14. The van der Waals surface area contributed by atoms with Gasteiger partial charge in [-0.2, -0.15) is 0 Å². The van der Waals surface area contributed by atoms with Crippen LogP contribution in [0.5, 0.6) is 0 Å². The maximum absolute atomic E-state index is 10.5. The lowest BCUT2D eigenvalue weighted by Gasteiger charge is -1.84. The van der Waals surface area contributed by atoms with Crippen LogP contribution in [0.15, 0.2) is 24.0 Å². The van der Waals surface area contributed by atoms with Crippen molar-refractivity contribution in [1.82, 2.24) is 0 Å². The van der Waals surface area contributed by atoms with E-state index >= 15 is 0 Å². The second kappa shape index (κ2) is 1.82. The number of rotatable bonds is 0. The molecule has 0 N–H and O–H groups in total. The summed E-state index contributed by atoms with van der Waals surface area (Å²) in [5.41, 5.74) is 0.630. The highest BCUT2D eigenvalue weighted by molar-refractivity contribution is 5.93. The smallest absolute Gasteiger partial charge is 0.342 e. The first kappa shape index (κ1) is 5.09. The first-order valence-electron chi connectivity index (χ1n) is 2.38. The lowest BCUT2D eigenvalue weighted by molar-refractivity contribution is -0.132. The largest absolute Gasteiger partial charge is 0.431 e. The Bertz CT molecular complexity index is 165. The minimum Gasteiger partial charge on any atom is -0.431 e. The lowest BCUT2D eigenvalue weighted by Crippen LogP contribution is -1.93. The van der Waals surface area contributed by atoms with Gasteiger partial charge in [-0.25, -0.2) is 4.79 Å². The summed E-state index contributed by atoms with van der Waals surface area (Å²) in [6.45, 7) is 1.80. The van der Waals surface area contributed by atoms with Crippen molar-refractivity contribution < 1.29 is 9.53 Å². The fourth-order valence-electron chi connectivity index (χ4n) is 0.519. The zero-order valence-corrected chi connectivity index (χ0v) is 4.55. The third-order valence-corrected chi connectivity index (χ3v) is 0.969. The molecule has 0 aromatic carbocycles. The minimum absolute atomic E-state index is 0.257. The molecule has 0 atom stereocenters. The van der Waals surface area contributed by atoms with Crippen LogP contribution in [0.3, 0.4) is 0 Å². The number of cyclic esters (lactones) is 1. The van der Waals surface area contributed by atoms with Crippen LogP contribution in [0, 0.1) is 0 Å². The van der Waals surface area contributed by atoms with Gasteiger partial charge < -0.3 is 4.74 Å². The third kappa shape index (κ3) is 0.644. The summed E-state index contributed by atoms with van der Waals surface area (Å²) in [4.78, 5) is 10.5. The molecule has 2 heteroatoms. The van der Waals surface area contributed by atoms with Crippen LogP contribution in [0.2, 0.25) is 0 Å². The second-order valence-corrected chi connectivity index (χ2v) is 1.45. The molecular formula is C6H6O2. The predicted molar refractivity (Wildman–Crippen MR) is 29.0 cm³/mol. The minimum atomic E-state index is -0.257. The number of hydrogen-bond acceptors (Lipinski definition) is 2. The SMILES string of the molecule is C/C=C1/C=COC1=O. The Kier molecular flexibility index (Phi) is 1.16. The maximum atomic E-state index is 10.5. The van der Waals surface area contributed by atoms with Gasteiger partial charge in [-0.05, 0) is 13.0 Å². The van der Waals surface area contributed by atoms with E-state index in [1.807, 2.05) is 0 Å². The van der Waals surface area contributed by atoms with Crippen LogP contribution in [0.1, 0.15) is 6.92 Å². The fourth-order valence-corrected chi connectivity index (χ4v) is 0.519. The van der Waals surface area contributed by atoms with Crippen LogP contribution in [-0.4, -0.2) is 5.97 Å². The van der Waals surface area contributed by atoms with E-state index in [0.717, 1.165) is 0 Å². The molecule has 0 radical (unpaired) electrons. The maximum Gasteiger partial charge on any atom is 0.342 e. The molecule has 1 heterocycles. The van der Waals surface area contributed by atoms with Gasteiger partial charge in [0.05, 0.1) is 11.8 Å². The molecule has 0 aromatic rings. The summed E-state index contributed by atoms with van der Waals surface area (Å²) >= 11 is 0. The van der Waals surface area contributed by atoms with Crippen molar-refractivity contribution >= 4 is 5.97 Å². The van der Waals surface area contributed by atoms with E-state index in [2.05, 4.69) is 4.74 Å². The Morgan fingerprint density at radius 2 is 2.50 bits per heavy atom. The first-order chi connectivity index (χ1) is 3.84. The molecule has 0 amide bonds. The lowest BCUT2D eigenvalue weighted by atomic mass is 10.3. The summed E-state index contributed by atoms with van der Waals surface area (Å²) in [6.07, 6.45) is 4.74. The molecule has 0 spiro atoms. The van der Waals surface area contributed by atoms with E-state index in [9.17, 15) is 4.79 Å². The second-order valence-electron chi connectivity index (χ2n) is 1.45. The van der Waals surface area contributed by atoms with Crippen molar-refractivity contribution in [3.63, 3.8) is 0 Å². The monoisotopic (exact) mass is 110 g/mol. The van der Waals surface area contributed by atoms with Gasteiger partial charge in [0.2, 0.25) is 0 Å². The van der Waals surface area contributed by atoms with Crippen LogP contribution in [0.4, 0.5) is 0 Å². The molecule has 0 fully saturated rings. The van der Waals surface area contributed by atoms with Crippen molar-refractivity contribution in [3.8, 4) is 0 Å². The molecule has 0 bridgehead atoms. The normalized spacial score (nSPS) is 22.1. The number of esters is 1. The topological polar surface area (TPSA) is 26.3 Å². The third-order valence-electron chi connectivity index (χ3n) is 0.969. The average molecular weight is 110 g/mol. The van der Waals surface area contributed by atoms with E-state index in [-0.39, 0.29) is 5.97 Å². The molecule has 1 aliphatic rings. The van der Waals surface area contributed by atoms with Crippen LogP contribution in [-0.2, 0) is 9.53 Å². The quantitative estimate of drug-likeness (QED) is 0.343. The van der Waals surface area contributed by atoms with E-state index in [1.54, 1.807) is 19.1 Å². The summed E-state index contributed by atoms with van der Waals surface area (Å²) in [5.74, 6) is -0.257. The van der Waals surface area contributed by atoms with Crippen molar-refractivity contribution in [2.45, 2.75) is 6.92 Å². The van der Waals surface area contributed by atoms with Crippen LogP contribution in [0.25, 0.3) is 0 Å². The Hall–Kier alpha value is -1.05. The van der Waals surface area contributed by atoms with Crippen LogP contribution < -0.4 is 0 Å². The molecule has 0 saturated carbocycles. The van der Waals surface area contributed by atoms with Gasteiger partial charge in [0.15, 0.2) is 0 Å². The zero-order chi connectivity index (χ0) is 5.98. The predicted octanol–water partition coefficient (Wildman–Crippen LogP) is 1.00. The van der Waals surface area contributed by atoms with Gasteiger partial charge in [-0.15, -0.1) is 0 Å². The van der Waals surface area contributed by atoms with Gasteiger partial charge in [0.1, 0.15) is 0 Å². The van der Waals surface area contributed by atoms with Gasteiger partial charge in [-0.3, -0.25) is 0 Å². The molecule has 42 valence electrons. The highest BCUT2D eigenvalue weighted by atomic mass is 16.5. The molecule has 0 aliphatic carbocycles. The summed E-state index contributed by atoms with van der Waals surface area (Å²) in [7, 11) is 0. The fraction of sp³-hybridized carbons (Fsp3) is 0.167. The van der Waals surface area contributed by atoms with Crippen molar-refractivity contribution in [2.75, 3.05) is 0 Å². The summed E-state index contributed by atoms with van der Waals surface area (Å²) in [6, 6.07) is 0. The Morgan fingerprint density at radius 3 is 2.75 bits per heavy atom. The molecule has 0 saturated heterocycles. The van der Waals surface area contributed by atoms with Crippen molar-refractivity contribution in [3.05, 3.63) is 24.0 Å². The standard InChI is InChI=1S/C6H6O2/c1-2-5-3-4-8-6(5)7/h2-4H,1H3/b5-2-. The van der Waals surface area contributed by atoms with Crippen molar-refractivity contribution in [2.24, 2.45) is 0 Å². The number of carbonyl (C=O) groups is 1. The molecule has 0 unspecified atom stereocenters. The molecule has 8 heavy (non-hydrogen) atoms. The van der Waals surface area contributed by atoms with E-state index in [4.69, 9.17) is 0 Å². The Labute approximate surface area is 47.5 Å². The van der Waals surface area contributed by atoms with E-state index in [1.165, 1.54) is 6.26 Å². The van der Waals surface area contributed by atoms with Crippen LogP contribution >= 0.6 is 0 Å². The van der Waals surface area contributed by atoms with Gasteiger partial charge in [-0.1, -0.05) is 6.08 Å². The first-order valence-corrected chi connectivity index (χ1v) is 2.38. The highest BCUT2D eigenvalue weighted by Crippen LogP contribution is 2.07. The number of ether oxygens (including phenoxy) is 1. The Balaban J connectivity index is 2.82.